The van der Waals surface area contributed by atoms with Crippen LogP contribution in [0.15, 0.2) is 41.3 Å². The molecular formula is C20H25ClN2O3S. The van der Waals surface area contributed by atoms with E-state index >= 15 is 0 Å². The van der Waals surface area contributed by atoms with Gasteiger partial charge in [0.05, 0.1) is 6.61 Å². The summed E-state index contributed by atoms with van der Waals surface area (Å²) in [5.41, 5.74) is 3.62. The maximum Gasteiger partial charge on any atom is 0.246 e. The minimum Gasteiger partial charge on any atom is -0.492 e. The first-order chi connectivity index (χ1) is 12.8. The molecule has 1 fully saturated rings. The summed E-state index contributed by atoms with van der Waals surface area (Å²) >= 11 is 6.05. The van der Waals surface area contributed by atoms with E-state index in [1.807, 2.05) is 13.0 Å². The summed E-state index contributed by atoms with van der Waals surface area (Å²) in [5, 5.41) is 0.381. The standard InChI is InChI=1S/C20H25ClN2O3S/c1-4-26-18-9-8-17(21)14-19(18)27(24,25)23-12-10-22(11-13-23)20-15(2)6-5-7-16(20)3/h5-9,14H,4,10-13H2,1-3H3. The number of nitrogens with zero attached hydrogens (tertiary/aromatic N) is 2. The maximum absolute atomic E-state index is 13.2. The molecule has 0 radical (unpaired) electrons. The fourth-order valence-corrected chi connectivity index (χ4v) is 5.37. The molecule has 0 aliphatic carbocycles. The van der Waals surface area contributed by atoms with E-state index in [0.29, 0.717) is 43.6 Å². The van der Waals surface area contributed by atoms with Gasteiger partial charge in [-0.15, -0.1) is 0 Å². The van der Waals surface area contributed by atoms with Gasteiger partial charge in [0.1, 0.15) is 10.6 Å². The van der Waals surface area contributed by atoms with Gasteiger partial charge in [0.15, 0.2) is 0 Å². The molecule has 1 aliphatic rings. The highest BCUT2D eigenvalue weighted by atomic mass is 35.5. The van der Waals surface area contributed by atoms with Gasteiger partial charge in [0, 0.05) is 36.9 Å². The molecule has 0 aromatic heterocycles. The Hall–Kier alpha value is -1.76. The number of benzene rings is 2. The van der Waals surface area contributed by atoms with Crippen LogP contribution >= 0.6 is 11.6 Å². The summed E-state index contributed by atoms with van der Waals surface area (Å²) in [6.45, 7) is 8.55. The second-order valence-electron chi connectivity index (χ2n) is 6.66. The zero-order chi connectivity index (χ0) is 19.6. The number of hydrogen-bond donors (Lipinski definition) is 0. The number of ether oxygens (including phenoxy) is 1. The smallest absolute Gasteiger partial charge is 0.246 e. The van der Waals surface area contributed by atoms with Crippen LogP contribution in [0.2, 0.25) is 5.02 Å². The molecule has 5 nitrogen and oxygen atoms in total. The molecule has 0 spiro atoms. The van der Waals surface area contributed by atoms with Crippen LogP contribution in [0.4, 0.5) is 5.69 Å². The summed E-state index contributed by atoms with van der Waals surface area (Å²) in [6, 6.07) is 11.0. The van der Waals surface area contributed by atoms with Gasteiger partial charge >= 0.3 is 0 Å². The van der Waals surface area contributed by atoms with E-state index < -0.39 is 10.0 Å². The molecule has 1 saturated heterocycles. The Balaban J connectivity index is 1.82. The third-order valence-corrected chi connectivity index (χ3v) is 6.97. The van der Waals surface area contributed by atoms with E-state index in [4.69, 9.17) is 16.3 Å². The quantitative estimate of drug-likeness (QED) is 0.753. The number of hydrogen-bond acceptors (Lipinski definition) is 4. The molecule has 0 N–H and O–H groups in total. The van der Waals surface area contributed by atoms with Gasteiger partial charge in [-0.25, -0.2) is 8.42 Å². The van der Waals surface area contributed by atoms with Crippen LogP contribution < -0.4 is 9.64 Å². The molecule has 1 heterocycles. The zero-order valence-corrected chi connectivity index (χ0v) is 17.5. The molecule has 0 amide bonds. The lowest BCUT2D eigenvalue weighted by Gasteiger charge is -2.37. The summed E-state index contributed by atoms with van der Waals surface area (Å²) in [4.78, 5) is 2.40. The van der Waals surface area contributed by atoms with Crippen molar-refractivity contribution < 1.29 is 13.2 Å². The van der Waals surface area contributed by atoms with Gasteiger partial charge < -0.3 is 9.64 Å². The molecule has 146 valence electrons. The molecule has 1 aliphatic heterocycles. The molecule has 0 unspecified atom stereocenters. The third-order valence-electron chi connectivity index (χ3n) is 4.82. The molecule has 3 rings (SSSR count). The molecule has 0 atom stereocenters. The number of halogens is 1. The average Bonchev–Trinajstić information content (AvgIpc) is 2.63. The van der Waals surface area contributed by atoms with Gasteiger partial charge in [-0.2, -0.15) is 4.31 Å². The van der Waals surface area contributed by atoms with Crippen LogP contribution in [0, 0.1) is 13.8 Å². The lowest BCUT2D eigenvalue weighted by Crippen LogP contribution is -2.49. The third kappa shape index (κ3) is 4.08. The van der Waals surface area contributed by atoms with Crippen molar-refractivity contribution in [2.24, 2.45) is 0 Å². The summed E-state index contributed by atoms with van der Waals surface area (Å²) in [5.74, 6) is 0.346. The van der Waals surface area contributed by atoms with Crippen molar-refractivity contribution in [3.8, 4) is 5.75 Å². The molecule has 2 aromatic rings. The Morgan fingerprint density at radius 1 is 1.04 bits per heavy atom. The topological polar surface area (TPSA) is 49.9 Å². The van der Waals surface area contributed by atoms with Crippen molar-refractivity contribution in [2.75, 3.05) is 37.7 Å². The largest absolute Gasteiger partial charge is 0.492 e. The molecular weight excluding hydrogens is 384 g/mol. The predicted octanol–water partition coefficient (Wildman–Crippen LogP) is 3.87. The summed E-state index contributed by atoms with van der Waals surface area (Å²) in [6.07, 6.45) is 0. The van der Waals surface area contributed by atoms with Crippen molar-refractivity contribution in [1.82, 2.24) is 4.31 Å². The van der Waals surface area contributed by atoms with Crippen molar-refractivity contribution in [3.05, 3.63) is 52.5 Å². The minimum absolute atomic E-state index is 0.136. The summed E-state index contributed by atoms with van der Waals surface area (Å²) in [7, 11) is -3.67. The molecule has 0 bridgehead atoms. The van der Waals surface area contributed by atoms with Crippen molar-refractivity contribution >= 4 is 27.3 Å². The van der Waals surface area contributed by atoms with Gasteiger partial charge in [-0.05, 0) is 50.1 Å². The van der Waals surface area contributed by atoms with Gasteiger partial charge in [0.25, 0.3) is 0 Å². The number of piperazine rings is 1. The number of aryl methyl sites for hydroxylation is 2. The van der Waals surface area contributed by atoms with E-state index in [2.05, 4.69) is 30.9 Å². The lowest BCUT2D eigenvalue weighted by atomic mass is 10.1. The van der Waals surface area contributed by atoms with Crippen LogP contribution in [-0.2, 0) is 10.0 Å². The highest BCUT2D eigenvalue weighted by molar-refractivity contribution is 7.89. The fraction of sp³-hybridized carbons (Fsp3) is 0.400. The van der Waals surface area contributed by atoms with E-state index in [9.17, 15) is 8.42 Å². The van der Waals surface area contributed by atoms with Crippen LogP contribution in [0.25, 0.3) is 0 Å². The summed E-state index contributed by atoms with van der Waals surface area (Å²) < 4.78 is 33.4. The highest BCUT2D eigenvalue weighted by Gasteiger charge is 2.31. The first-order valence-corrected chi connectivity index (χ1v) is 10.9. The molecule has 27 heavy (non-hydrogen) atoms. The van der Waals surface area contributed by atoms with Crippen molar-refractivity contribution in [3.63, 3.8) is 0 Å². The van der Waals surface area contributed by atoms with Crippen molar-refractivity contribution in [1.29, 1.82) is 0 Å². The van der Waals surface area contributed by atoms with E-state index in [-0.39, 0.29) is 4.90 Å². The lowest BCUT2D eigenvalue weighted by molar-refractivity contribution is 0.327. The second-order valence-corrected chi connectivity index (χ2v) is 9.00. The Morgan fingerprint density at radius 3 is 2.26 bits per heavy atom. The molecule has 2 aromatic carbocycles. The first kappa shape index (κ1) is 20.0. The molecule has 7 heteroatoms. The van der Waals surface area contributed by atoms with Gasteiger partial charge in [-0.3, -0.25) is 0 Å². The van der Waals surface area contributed by atoms with Crippen LogP contribution in [0.1, 0.15) is 18.1 Å². The Labute approximate surface area is 166 Å². The van der Waals surface area contributed by atoms with Gasteiger partial charge in [0.2, 0.25) is 10.0 Å². The Kier molecular flexibility index (Phi) is 5.99. The number of anilines is 1. The second kappa shape index (κ2) is 8.09. The monoisotopic (exact) mass is 408 g/mol. The van der Waals surface area contributed by atoms with Crippen LogP contribution in [-0.4, -0.2) is 45.5 Å². The van der Waals surface area contributed by atoms with Crippen molar-refractivity contribution in [2.45, 2.75) is 25.7 Å². The first-order valence-electron chi connectivity index (χ1n) is 9.08. The van der Waals surface area contributed by atoms with E-state index in [1.54, 1.807) is 12.1 Å². The van der Waals surface area contributed by atoms with E-state index in [1.165, 1.54) is 27.2 Å². The van der Waals surface area contributed by atoms with E-state index in [0.717, 1.165) is 0 Å². The minimum atomic E-state index is -3.67. The van der Waals surface area contributed by atoms with Gasteiger partial charge in [-0.1, -0.05) is 29.8 Å². The zero-order valence-electron chi connectivity index (χ0n) is 15.9. The number of rotatable bonds is 5. The Morgan fingerprint density at radius 2 is 1.67 bits per heavy atom. The predicted molar refractivity (Wildman–Crippen MR) is 110 cm³/mol. The Bertz CT molecular complexity index is 903. The average molecular weight is 409 g/mol. The number of sulfonamides is 1. The number of para-hydroxylation sites is 1. The fourth-order valence-electron chi connectivity index (χ4n) is 3.55. The maximum atomic E-state index is 13.2. The highest BCUT2D eigenvalue weighted by Crippen LogP contribution is 2.32. The van der Waals surface area contributed by atoms with Crippen LogP contribution in [0.3, 0.4) is 0 Å². The normalized spacial score (nSPS) is 15.8. The van der Waals surface area contributed by atoms with Crippen LogP contribution in [0.5, 0.6) is 5.75 Å². The SMILES string of the molecule is CCOc1ccc(Cl)cc1S(=O)(=O)N1CCN(c2c(C)cccc2C)CC1. The molecule has 0 saturated carbocycles.